The van der Waals surface area contributed by atoms with Gasteiger partial charge >= 0.3 is 0 Å². The van der Waals surface area contributed by atoms with Gasteiger partial charge in [-0.15, -0.1) is 0 Å². The van der Waals surface area contributed by atoms with Crippen LogP contribution in [-0.4, -0.2) is 15.7 Å². The molecule has 0 radical (unpaired) electrons. The second-order valence-electron chi connectivity index (χ2n) is 2.73. The number of nitrogens with zero attached hydrogens (tertiary/aromatic N) is 2. The standard InChI is InChI=1S/C9H11BrN2O/c1-4-5-8(13)12-7(3)9(10)6(2)11-12/h4-5H,1-3H3/b5-4+. The molecule has 1 aromatic rings. The molecule has 0 aliphatic rings. The fourth-order valence-corrected chi connectivity index (χ4v) is 1.30. The highest BCUT2D eigenvalue weighted by atomic mass is 79.9. The van der Waals surface area contributed by atoms with Crippen molar-refractivity contribution in [2.75, 3.05) is 0 Å². The molecule has 0 bridgehead atoms. The monoisotopic (exact) mass is 242 g/mol. The Labute approximate surface area is 85.6 Å². The summed E-state index contributed by atoms with van der Waals surface area (Å²) in [7, 11) is 0. The van der Waals surface area contributed by atoms with Crippen molar-refractivity contribution in [3.05, 3.63) is 28.0 Å². The summed E-state index contributed by atoms with van der Waals surface area (Å²) >= 11 is 3.36. The van der Waals surface area contributed by atoms with Gasteiger partial charge in [-0.2, -0.15) is 5.10 Å². The summed E-state index contributed by atoms with van der Waals surface area (Å²) in [5.41, 5.74) is 1.66. The van der Waals surface area contributed by atoms with Crippen molar-refractivity contribution >= 4 is 21.8 Å². The number of aryl methyl sites for hydroxylation is 1. The smallest absolute Gasteiger partial charge is 0.267 e. The molecular weight excluding hydrogens is 232 g/mol. The lowest BCUT2D eigenvalue weighted by atomic mass is 10.4. The highest BCUT2D eigenvalue weighted by Crippen LogP contribution is 2.19. The lowest BCUT2D eigenvalue weighted by Gasteiger charge is -1.96. The zero-order valence-corrected chi connectivity index (χ0v) is 9.42. The van der Waals surface area contributed by atoms with Crippen molar-refractivity contribution in [3.8, 4) is 0 Å². The fourth-order valence-electron chi connectivity index (χ4n) is 1.05. The first-order valence-corrected chi connectivity index (χ1v) is 4.76. The normalized spacial score (nSPS) is 11.1. The number of aromatic nitrogens is 2. The predicted molar refractivity (Wildman–Crippen MR) is 54.8 cm³/mol. The molecule has 0 saturated carbocycles. The molecule has 13 heavy (non-hydrogen) atoms. The van der Waals surface area contributed by atoms with Gasteiger partial charge in [0.05, 0.1) is 15.9 Å². The molecule has 0 amide bonds. The molecule has 0 aliphatic carbocycles. The Kier molecular flexibility index (Phi) is 3.03. The maximum Gasteiger partial charge on any atom is 0.270 e. The topological polar surface area (TPSA) is 34.9 Å². The van der Waals surface area contributed by atoms with E-state index in [1.807, 2.05) is 13.8 Å². The summed E-state index contributed by atoms with van der Waals surface area (Å²) in [6.45, 7) is 5.51. The molecule has 1 rings (SSSR count). The van der Waals surface area contributed by atoms with Gasteiger partial charge in [0.2, 0.25) is 0 Å². The summed E-state index contributed by atoms with van der Waals surface area (Å²) in [4.78, 5) is 11.4. The maximum atomic E-state index is 11.4. The third kappa shape index (κ3) is 1.88. The maximum absolute atomic E-state index is 11.4. The van der Waals surface area contributed by atoms with E-state index in [4.69, 9.17) is 0 Å². The Morgan fingerprint density at radius 1 is 1.54 bits per heavy atom. The first kappa shape index (κ1) is 10.2. The number of carbonyl (C=O) groups excluding carboxylic acids is 1. The van der Waals surface area contributed by atoms with Gasteiger partial charge in [-0.1, -0.05) is 6.08 Å². The van der Waals surface area contributed by atoms with Gasteiger partial charge < -0.3 is 0 Å². The van der Waals surface area contributed by atoms with Gasteiger partial charge in [0.1, 0.15) is 0 Å². The van der Waals surface area contributed by atoms with E-state index in [-0.39, 0.29) is 5.91 Å². The summed E-state index contributed by atoms with van der Waals surface area (Å²) < 4.78 is 2.28. The van der Waals surface area contributed by atoms with Crippen LogP contribution in [0.1, 0.15) is 23.1 Å². The second-order valence-corrected chi connectivity index (χ2v) is 3.53. The van der Waals surface area contributed by atoms with Crippen LogP contribution >= 0.6 is 15.9 Å². The van der Waals surface area contributed by atoms with Gasteiger partial charge in [-0.05, 0) is 36.7 Å². The molecular formula is C9H11BrN2O. The quantitative estimate of drug-likeness (QED) is 0.710. The van der Waals surface area contributed by atoms with Crippen LogP contribution in [0.15, 0.2) is 16.6 Å². The highest BCUT2D eigenvalue weighted by molar-refractivity contribution is 9.10. The van der Waals surface area contributed by atoms with Crippen LogP contribution in [0.5, 0.6) is 0 Å². The lowest BCUT2D eigenvalue weighted by Crippen LogP contribution is -2.10. The zero-order valence-electron chi connectivity index (χ0n) is 7.84. The van der Waals surface area contributed by atoms with Crippen LogP contribution in [0.4, 0.5) is 0 Å². The SMILES string of the molecule is C/C=C/C(=O)n1nc(C)c(Br)c1C. The Hall–Kier alpha value is -0.900. The molecule has 0 atom stereocenters. The van der Waals surface area contributed by atoms with E-state index in [0.29, 0.717) is 0 Å². The second kappa shape index (κ2) is 3.87. The van der Waals surface area contributed by atoms with E-state index in [2.05, 4.69) is 21.0 Å². The van der Waals surface area contributed by atoms with Crippen molar-refractivity contribution in [1.29, 1.82) is 0 Å². The van der Waals surface area contributed by atoms with E-state index in [0.717, 1.165) is 15.9 Å². The van der Waals surface area contributed by atoms with Gasteiger partial charge in [0.25, 0.3) is 5.91 Å². The number of carbonyl (C=O) groups is 1. The summed E-state index contributed by atoms with van der Waals surface area (Å²) in [6, 6.07) is 0. The van der Waals surface area contributed by atoms with E-state index in [1.54, 1.807) is 13.0 Å². The van der Waals surface area contributed by atoms with E-state index >= 15 is 0 Å². The van der Waals surface area contributed by atoms with Gasteiger partial charge in [-0.25, -0.2) is 4.68 Å². The van der Waals surface area contributed by atoms with E-state index < -0.39 is 0 Å². The first-order valence-electron chi connectivity index (χ1n) is 3.96. The summed E-state index contributed by atoms with van der Waals surface area (Å²) in [6.07, 6.45) is 3.19. The molecule has 4 heteroatoms. The molecule has 0 unspecified atom stereocenters. The van der Waals surface area contributed by atoms with Crippen molar-refractivity contribution < 1.29 is 4.79 Å². The number of rotatable bonds is 1. The fraction of sp³-hybridized carbons (Fsp3) is 0.333. The molecule has 0 N–H and O–H groups in total. The van der Waals surface area contributed by atoms with Crippen LogP contribution in [0.3, 0.4) is 0 Å². The predicted octanol–water partition coefficient (Wildman–Crippen LogP) is 2.48. The van der Waals surface area contributed by atoms with Gasteiger partial charge in [-0.3, -0.25) is 4.79 Å². The third-order valence-electron chi connectivity index (χ3n) is 1.72. The number of allylic oxidation sites excluding steroid dienone is 2. The van der Waals surface area contributed by atoms with Crippen LogP contribution in [0.2, 0.25) is 0 Å². The van der Waals surface area contributed by atoms with Crippen molar-refractivity contribution in [3.63, 3.8) is 0 Å². The largest absolute Gasteiger partial charge is 0.270 e. The average Bonchev–Trinajstić information content (AvgIpc) is 2.33. The molecule has 1 aromatic heterocycles. The Balaban J connectivity index is 3.16. The lowest BCUT2D eigenvalue weighted by molar-refractivity contribution is 0.0951. The molecule has 0 spiro atoms. The minimum atomic E-state index is -0.117. The average molecular weight is 243 g/mol. The number of hydrogen-bond donors (Lipinski definition) is 0. The molecule has 3 nitrogen and oxygen atoms in total. The molecule has 0 aliphatic heterocycles. The molecule has 70 valence electrons. The van der Waals surface area contributed by atoms with Crippen LogP contribution in [0.25, 0.3) is 0 Å². The molecule has 0 fully saturated rings. The van der Waals surface area contributed by atoms with Crippen molar-refractivity contribution in [2.24, 2.45) is 0 Å². The van der Waals surface area contributed by atoms with Crippen LogP contribution in [-0.2, 0) is 0 Å². The van der Waals surface area contributed by atoms with Gasteiger partial charge in [0, 0.05) is 6.08 Å². The number of hydrogen-bond acceptors (Lipinski definition) is 2. The minimum Gasteiger partial charge on any atom is -0.267 e. The minimum absolute atomic E-state index is 0.117. The molecule has 0 aromatic carbocycles. The molecule has 1 heterocycles. The molecule has 0 saturated heterocycles. The Morgan fingerprint density at radius 2 is 2.15 bits per heavy atom. The van der Waals surface area contributed by atoms with E-state index in [9.17, 15) is 4.79 Å². The van der Waals surface area contributed by atoms with Crippen LogP contribution < -0.4 is 0 Å². The van der Waals surface area contributed by atoms with E-state index in [1.165, 1.54) is 10.8 Å². The van der Waals surface area contributed by atoms with Crippen LogP contribution in [0, 0.1) is 13.8 Å². The van der Waals surface area contributed by atoms with Crippen molar-refractivity contribution in [2.45, 2.75) is 20.8 Å². The first-order chi connectivity index (χ1) is 6.07. The summed E-state index contributed by atoms with van der Waals surface area (Å²) in [5, 5.41) is 4.10. The van der Waals surface area contributed by atoms with Gasteiger partial charge in [0.15, 0.2) is 0 Å². The summed E-state index contributed by atoms with van der Waals surface area (Å²) in [5.74, 6) is -0.117. The highest BCUT2D eigenvalue weighted by Gasteiger charge is 2.11. The Morgan fingerprint density at radius 3 is 2.54 bits per heavy atom. The zero-order chi connectivity index (χ0) is 10.0. The third-order valence-corrected chi connectivity index (χ3v) is 2.87. The van der Waals surface area contributed by atoms with Crippen molar-refractivity contribution in [1.82, 2.24) is 9.78 Å². The number of halogens is 1. The Bertz CT molecular complexity index is 366.